The van der Waals surface area contributed by atoms with Gasteiger partial charge in [-0.2, -0.15) is 9.78 Å². The number of hydrogen-bond donors (Lipinski definition) is 1. The smallest absolute Gasteiger partial charge is 0.282 e. The molecule has 12 heteroatoms. The molecule has 2 fully saturated rings. The number of likely N-dealkylation sites (tertiary alicyclic amines) is 1. The fourth-order valence-electron chi connectivity index (χ4n) is 6.15. The van der Waals surface area contributed by atoms with Gasteiger partial charge in [0.1, 0.15) is 16.9 Å². The van der Waals surface area contributed by atoms with Gasteiger partial charge in [-0.15, -0.1) is 0 Å². The van der Waals surface area contributed by atoms with Gasteiger partial charge >= 0.3 is 0 Å². The molecule has 4 heterocycles. The maximum atomic E-state index is 13.9. The molecule has 2 aliphatic heterocycles. The average molecular weight is 670 g/mol. The number of amides is 1. The van der Waals surface area contributed by atoms with E-state index < -0.39 is 5.56 Å². The number of hydrogen-bond acceptors (Lipinski definition) is 8. The molecule has 1 amide bonds. The van der Waals surface area contributed by atoms with Crippen LogP contribution < -0.4 is 15.8 Å². The Kier molecular flexibility index (Phi) is 8.81. The number of piperidine rings is 1. The predicted molar refractivity (Wildman–Crippen MR) is 188 cm³/mol. The van der Waals surface area contributed by atoms with E-state index in [9.17, 15) is 9.59 Å². The van der Waals surface area contributed by atoms with Crippen LogP contribution in [-0.2, 0) is 0 Å². The van der Waals surface area contributed by atoms with E-state index in [1.807, 2.05) is 29.2 Å². The number of benzene rings is 3. The van der Waals surface area contributed by atoms with Crippen molar-refractivity contribution >= 4 is 57.3 Å². The van der Waals surface area contributed by atoms with Gasteiger partial charge in [0.05, 0.1) is 15.4 Å². The molecular weight excluding hydrogens is 635 g/mol. The van der Waals surface area contributed by atoms with E-state index in [2.05, 4.69) is 39.3 Å². The molecule has 0 unspecified atom stereocenters. The number of aromatic nitrogens is 4. The lowest BCUT2D eigenvalue weighted by molar-refractivity contribution is 0.0724. The quantitative estimate of drug-likeness (QED) is 0.226. The molecule has 0 aliphatic carbocycles. The monoisotopic (exact) mass is 668 g/mol. The largest absolute Gasteiger partial charge is 0.369 e. The third-order valence-corrected chi connectivity index (χ3v) is 9.41. The number of rotatable bonds is 6. The van der Waals surface area contributed by atoms with E-state index in [4.69, 9.17) is 33.3 Å². The van der Waals surface area contributed by atoms with E-state index in [-0.39, 0.29) is 27.0 Å². The van der Waals surface area contributed by atoms with Gasteiger partial charge in [0.15, 0.2) is 0 Å². The second-order valence-electron chi connectivity index (χ2n) is 12.0. The second kappa shape index (κ2) is 13.3. The Morgan fingerprint density at radius 2 is 1.55 bits per heavy atom. The highest BCUT2D eigenvalue weighted by Gasteiger charge is 2.22. The van der Waals surface area contributed by atoms with E-state index in [0.717, 1.165) is 69.9 Å². The number of nitrogens with one attached hydrogen (secondary N) is 1. The first-order valence-corrected chi connectivity index (χ1v) is 16.6. The first-order chi connectivity index (χ1) is 22.9. The second-order valence-corrected chi connectivity index (χ2v) is 12.8. The number of fused-ring (bicyclic) bond motifs is 1. The van der Waals surface area contributed by atoms with E-state index in [1.54, 1.807) is 30.3 Å². The van der Waals surface area contributed by atoms with Crippen molar-refractivity contribution in [3.8, 4) is 16.9 Å². The number of para-hydroxylation sites is 1. The number of carbonyl (C=O) groups is 1. The fraction of sp³-hybridized carbons (Fsp3) is 0.286. The highest BCUT2D eigenvalue weighted by molar-refractivity contribution is 6.37. The lowest BCUT2D eigenvalue weighted by atomic mass is 10.0. The summed E-state index contributed by atoms with van der Waals surface area (Å²) >= 11 is 13.1. The van der Waals surface area contributed by atoms with Gasteiger partial charge in [0, 0.05) is 68.0 Å². The number of piperazine rings is 1. The maximum absolute atomic E-state index is 13.9. The molecule has 2 saturated heterocycles. The van der Waals surface area contributed by atoms with Crippen molar-refractivity contribution < 1.29 is 4.79 Å². The fourth-order valence-corrected chi connectivity index (χ4v) is 6.71. The van der Waals surface area contributed by atoms with E-state index >= 15 is 0 Å². The minimum absolute atomic E-state index is 0.0321. The van der Waals surface area contributed by atoms with Crippen molar-refractivity contribution in [1.82, 2.24) is 29.5 Å². The predicted octanol–water partition coefficient (Wildman–Crippen LogP) is 6.27. The number of anilines is 3. The Morgan fingerprint density at radius 1 is 0.851 bits per heavy atom. The van der Waals surface area contributed by atoms with Crippen molar-refractivity contribution in [3.05, 3.63) is 98.9 Å². The molecule has 0 bridgehead atoms. The number of carbonyl (C=O) groups excluding carboxylic acids is 1. The Hall–Kier alpha value is -4.51. The van der Waals surface area contributed by atoms with Crippen molar-refractivity contribution in [1.29, 1.82) is 0 Å². The zero-order chi connectivity index (χ0) is 32.5. The first kappa shape index (κ1) is 31.1. The summed E-state index contributed by atoms with van der Waals surface area (Å²) in [5.74, 6) is 0.275. The van der Waals surface area contributed by atoms with Gasteiger partial charge in [-0.1, -0.05) is 41.4 Å². The van der Waals surface area contributed by atoms with Gasteiger partial charge in [-0.25, -0.2) is 9.97 Å². The Bertz CT molecular complexity index is 1980. The van der Waals surface area contributed by atoms with Crippen LogP contribution >= 0.6 is 23.2 Å². The summed E-state index contributed by atoms with van der Waals surface area (Å²) < 4.78 is 1.19. The standard InChI is InChI=1S/C35H34Cl2N8O2/c1-42-17-19-43(20-18-42)26-13-11-25(12-14-26)39-35-38-22-27-31(40-35)30(41-45(34(27)47)32-28(36)9-6-10-29(32)37)23-7-5-8-24(21-23)33(46)44-15-3-2-4-16-44/h5-14,21-22H,2-4,15-20H2,1H3,(H,38,39,40). The van der Waals surface area contributed by atoms with Crippen LogP contribution in [0.5, 0.6) is 0 Å². The third kappa shape index (κ3) is 6.41. The van der Waals surface area contributed by atoms with Crippen LogP contribution in [0, 0.1) is 0 Å². The average Bonchev–Trinajstić information content (AvgIpc) is 3.10. The van der Waals surface area contributed by atoms with E-state index in [1.165, 1.54) is 10.9 Å². The molecule has 2 aromatic heterocycles. The maximum Gasteiger partial charge on any atom is 0.282 e. The Morgan fingerprint density at radius 3 is 2.28 bits per heavy atom. The van der Waals surface area contributed by atoms with Crippen molar-refractivity contribution in [2.75, 3.05) is 56.5 Å². The highest BCUT2D eigenvalue weighted by atomic mass is 35.5. The van der Waals surface area contributed by atoms with Crippen LogP contribution in [-0.4, -0.2) is 81.8 Å². The molecule has 7 rings (SSSR count). The molecule has 0 atom stereocenters. The summed E-state index contributed by atoms with van der Waals surface area (Å²) in [7, 11) is 2.14. The molecule has 3 aromatic carbocycles. The summed E-state index contributed by atoms with van der Waals surface area (Å²) in [6.45, 7) is 5.49. The van der Waals surface area contributed by atoms with Crippen LogP contribution in [0.1, 0.15) is 29.6 Å². The Balaban J connectivity index is 1.29. The molecule has 240 valence electrons. The lowest BCUT2D eigenvalue weighted by Crippen LogP contribution is -2.44. The van der Waals surface area contributed by atoms with Crippen molar-refractivity contribution in [2.24, 2.45) is 0 Å². The summed E-state index contributed by atoms with van der Waals surface area (Å²) in [4.78, 5) is 43.2. The molecule has 5 aromatic rings. The van der Waals surface area contributed by atoms with Crippen molar-refractivity contribution in [3.63, 3.8) is 0 Å². The van der Waals surface area contributed by atoms with Crippen LogP contribution in [0.2, 0.25) is 10.0 Å². The van der Waals surface area contributed by atoms with Crippen LogP contribution in [0.25, 0.3) is 27.8 Å². The number of likely N-dealkylation sites (N-methyl/N-ethyl adjacent to an activating group) is 1. The molecule has 0 radical (unpaired) electrons. The SMILES string of the molecule is CN1CCN(c2ccc(Nc3ncc4c(=O)n(-c5c(Cl)cccc5Cl)nc(-c5cccc(C(=O)N6CCCCC6)c5)c4n3)cc2)CC1. The van der Waals surface area contributed by atoms with Crippen LogP contribution in [0.15, 0.2) is 77.7 Å². The third-order valence-electron chi connectivity index (χ3n) is 8.80. The summed E-state index contributed by atoms with van der Waals surface area (Å²) in [5.41, 5.74) is 3.64. The first-order valence-electron chi connectivity index (χ1n) is 15.8. The number of halogens is 2. The summed E-state index contributed by atoms with van der Waals surface area (Å²) in [6, 6.07) is 20.4. The molecule has 10 nitrogen and oxygen atoms in total. The Labute approximate surface area is 282 Å². The summed E-state index contributed by atoms with van der Waals surface area (Å²) in [6.07, 6.45) is 4.60. The minimum atomic E-state index is -0.470. The van der Waals surface area contributed by atoms with Crippen molar-refractivity contribution in [2.45, 2.75) is 19.3 Å². The highest BCUT2D eigenvalue weighted by Crippen LogP contribution is 2.31. The zero-order valence-electron chi connectivity index (χ0n) is 26.0. The van der Waals surface area contributed by atoms with Gasteiger partial charge in [0.25, 0.3) is 11.5 Å². The molecule has 2 aliphatic rings. The van der Waals surface area contributed by atoms with Gasteiger partial charge in [-0.3, -0.25) is 9.59 Å². The molecule has 47 heavy (non-hydrogen) atoms. The minimum Gasteiger partial charge on any atom is -0.369 e. The summed E-state index contributed by atoms with van der Waals surface area (Å²) in [5, 5.41) is 8.83. The molecule has 0 spiro atoms. The lowest BCUT2D eigenvalue weighted by Gasteiger charge is -2.34. The normalized spacial score (nSPS) is 15.6. The van der Waals surface area contributed by atoms with Gasteiger partial charge < -0.3 is 20.0 Å². The zero-order valence-corrected chi connectivity index (χ0v) is 27.5. The van der Waals surface area contributed by atoms with E-state index in [0.29, 0.717) is 28.3 Å². The van der Waals surface area contributed by atoms with Gasteiger partial charge in [0.2, 0.25) is 5.95 Å². The molecule has 1 N–H and O–H groups in total. The van der Waals surface area contributed by atoms with Crippen LogP contribution in [0.3, 0.4) is 0 Å². The molecular formula is C35H34Cl2N8O2. The topological polar surface area (TPSA) is 99.5 Å². The number of nitrogens with zero attached hydrogens (tertiary/aromatic N) is 7. The molecule has 0 saturated carbocycles. The van der Waals surface area contributed by atoms with Crippen LogP contribution in [0.4, 0.5) is 17.3 Å². The van der Waals surface area contributed by atoms with Gasteiger partial charge in [-0.05, 0) is 74.8 Å².